The lowest BCUT2D eigenvalue weighted by Crippen LogP contribution is -2.32. The Labute approximate surface area is 175 Å². The van der Waals surface area contributed by atoms with Crippen molar-refractivity contribution in [2.24, 2.45) is 0 Å². The lowest BCUT2D eigenvalue weighted by Gasteiger charge is -2.27. The van der Waals surface area contributed by atoms with Gasteiger partial charge in [-0.25, -0.2) is 9.97 Å². The predicted molar refractivity (Wildman–Crippen MR) is 110 cm³/mol. The fraction of sp³-hybridized carbons (Fsp3) is 0.190. The van der Waals surface area contributed by atoms with Gasteiger partial charge in [-0.05, 0) is 24.3 Å². The zero-order valence-electron chi connectivity index (χ0n) is 15.2. The smallest absolute Gasteiger partial charge is 0.197 e. The standard InChI is InChI=1S/C21H15Cl2N3O3/c22-14-6-15-19(27)13(11-29-20(15)16(23)7-14)10-26-4-3-17-12(9-26)8-24-21(25-17)18-2-1-5-28-18/h1-2,5-8,11H,3-4,9-10H2. The molecule has 6 nitrogen and oxygen atoms in total. The van der Waals surface area contributed by atoms with E-state index >= 15 is 0 Å². The summed E-state index contributed by atoms with van der Waals surface area (Å²) in [5.74, 6) is 1.24. The van der Waals surface area contributed by atoms with Crippen molar-refractivity contribution in [3.05, 3.63) is 80.1 Å². The number of nitrogens with zero attached hydrogens (tertiary/aromatic N) is 3. The van der Waals surface area contributed by atoms with Crippen molar-refractivity contribution in [1.82, 2.24) is 14.9 Å². The van der Waals surface area contributed by atoms with E-state index in [1.54, 1.807) is 18.4 Å². The van der Waals surface area contributed by atoms with E-state index in [0.717, 1.165) is 24.2 Å². The molecule has 29 heavy (non-hydrogen) atoms. The lowest BCUT2D eigenvalue weighted by molar-refractivity contribution is 0.240. The third-order valence-corrected chi connectivity index (χ3v) is 5.51. The maximum absolute atomic E-state index is 12.9. The maximum atomic E-state index is 12.9. The molecule has 4 aromatic rings. The summed E-state index contributed by atoms with van der Waals surface area (Å²) in [4.78, 5) is 24.1. The van der Waals surface area contributed by atoms with Gasteiger partial charge in [-0.3, -0.25) is 9.69 Å². The predicted octanol–water partition coefficient (Wildman–Crippen LogP) is 4.71. The molecule has 8 heteroatoms. The van der Waals surface area contributed by atoms with Gasteiger partial charge in [0.1, 0.15) is 0 Å². The van der Waals surface area contributed by atoms with Crippen molar-refractivity contribution in [1.29, 1.82) is 0 Å². The Kier molecular flexibility index (Phi) is 4.62. The second-order valence-corrected chi connectivity index (χ2v) is 7.80. The van der Waals surface area contributed by atoms with Crippen LogP contribution in [0, 0.1) is 0 Å². The average Bonchev–Trinajstić information content (AvgIpc) is 3.25. The van der Waals surface area contributed by atoms with Crippen LogP contribution in [-0.2, 0) is 19.5 Å². The van der Waals surface area contributed by atoms with Gasteiger partial charge in [0, 0.05) is 48.4 Å². The lowest BCUT2D eigenvalue weighted by atomic mass is 10.1. The van der Waals surface area contributed by atoms with E-state index in [1.165, 1.54) is 6.26 Å². The minimum Gasteiger partial charge on any atom is -0.462 e. The molecule has 0 atom stereocenters. The molecule has 0 unspecified atom stereocenters. The molecule has 0 fully saturated rings. The second kappa shape index (κ2) is 7.30. The number of hydrogen-bond acceptors (Lipinski definition) is 6. The summed E-state index contributed by atoms with van der Waals surface area (Å²) >= 11 is 12.2. The molecule has 0 aliphatic carbocycles. The molecule has 0 radical (unpaired) electrons. The van der Waals surface area contributed by atoms with Gasteiger partial charge in [0.05, 0.1) is 28.6 Å². The zero-order valence-corrected chi connectivity index (χ0v) is 16.7. The molecular formula is C21H15Cl2N3O3. The molecule has 1 aliphatic rings. The first-order chi connectivity index (χ1) is 14.1. The molecule has 3 aromatic heterocycles. The summed E-state index contributed by atoms with van der Waals surface area (Å²) in [7, 11) is 0. The SMILES string of the molecule is O=c1c(CN2CCc3nc(-c4ccco4)ncc3C2)coc2c(Cl)cc(Cl)cc12. The summed E-state index contributed by atoms with van der Waals surface area (Å²) in [5, 5.41) is 1.12. The highest BCUT2D eigenvalue weighted by Crippen LogP contribution is 2.27. The topological polar surface area (TPSA) is 72.4 Å². The number of fused-ring (bicyclic) bond motifs is 2. The van der Waals surface area contributed by atoms with Crippen LogP contribution in [-0.4, -0.2) is 21.4 Å². The Morgan fingerprint density at radius 3 is 2.93 bits per heavy atom. The number of aromatic nitrogens is 2. The van der Waals surface area contributed by atoms with Gasteiger partial charge in [0.15, 0.2) is 22.6 Å². The van der Waals surface area contributed by atoms with Gasteiger partial charge in [-0.2, -0.15) is 0 Å². The van der Waals surface area contributed by atoms with E-state index in [0.29, 0.717) is 51.3 Å². The first kappa shape index (κ1) is 18.4. The Hall–Kier alpha value is -2.67. The Morgan fingerprint density at radius 2 is 2.10 bits per heavy atom. The summed E-state index contributed by atoms with van der Waals surface area (Å²) in [6.07, 6.45) is 5.68. The van der Waals surface area contributed by atoms with Gasteiger partial charge < -0.3 is 8.83 Å². The molecule has 0 amide bonds. The van der Waals surface area contributed by atoms with Gasteiger partial charge in [0.2, 0.25) is 0 Å². The molecule has 5 rings (SSSR count). The fourth-order valence-corrected chi connectivity index (χ4v) is 4.13. The molecule has 0 saturated carbocycles. The molecular weight excluding hydrogens is 413 g/mol. The normalized spacial score (nSPS) is 14.3. The van der Waals surface area contributed by atoms with Crippen LogP contribution in [0.2, 0.25) is 10.0 Å². The zero-order chi connectivity index (χ0) is 20.0. The molecule has 0 spiro atoms. The average molecular weight is 428 g/mol. The van der Waals surface area contributed by atoms with E-state index in [1.807, 2.05) is 18.3 Å². The first-order valence-electron chi connectivity index (χ1n) is 9.09. The van der Waals surface area contributed by atoms with Gasteiger partial charge >= 0.3 is 0 Å². The Morgan fingerprint density at radius 1 is 1.21 bits per heavy atom. The third kappa shape index (κ3) is 3.44. The fourth-order valence-electron chi connectivity index (χ4n) is 3.59. The van der Waals surface area contributed by atoms with E-state index in [2.05, 4.69) is 14.9 Å². The minimum absolute atomic E-state index is 0.120. The van der Waals surface area contributed by atoms with Crippen LogP contribution in [0.1, 0.15) is 16.8 Å². The van der Waals surface area contributed by atoms with Crippen LogP contribution in [0.15, 0.2) is 56.6 Å². The largest absolute Gasteiger partial charge is 0.462 e. The monoisotopic (exact) mass is 427 g/mol. The van der Waals surface area contributed by atoms with Gasteiger partial charge in [-0.1, -0.05) is 23.2 Å². The minimum atomic E-state index is -0.120. The van der Waals surface area contributed by atoms with Crippen molar-refractivity contribution < 1.29 is 8.83 Å². The molecule has 0 N–H and O–H groups in total. The number of halogens is 2. The third-order valence-electron chi connectivity index (χ3n) is 5.01. The van der Waals surface area contributed by atoms with Crippen LogP contribution in [0.25, 0.3) is 22.6 Å². The highest BCUT2D eigenvalue weighted by atomic mass is 35.5. The summed E-state index contributed by atoms with van der Waals surface area (Å²) < 4.78 is 11.0. The van der Waals surface area contributed by atoms with Crippen molar-refractivity contribution in [2.45, 2.75) is 19.5 Å². The van der Waals surface area contributed by atoms with Gasteiger partial charge in [-0.15, -0.1) is 0 Å². The number of hydrogen-bond donors (Lipinski definition) is 0. The van der Waals surface area contributed by atoms with E-state index < -0.39 is 0 Å². The van der Waals surface area contributed by atoms with Crippen LogP contribution in [0.4, 0.5) is 0 Å². The van der Waals surface area contributed by atoms with Crippen molar-refractivity contribution in [3.8, 4) is 11.6 Å². The van der Waals surface area contributed by atoms with Crippen LogP contribution in [0.3, 0.4) is 0 Å². The van der Waals surface area contributed by atoms with Crippen LogP contribution in [0.5, 0.6) is 0 Å². The van der Waals surface area contributed by atoms with Crippen molar-refractivity contribution in [2.75, 3.05) is 6.54 Å². The number of rotatable bonds is 3. The highest BCUT2D eigenvalue weighted by molar-refractivity contribution is 6.38. The quantitative estimate of drug-likeness (QED) is 0.471. The summed E-state index contributed by atoms with van der Waals surface area (Å²) in [6.45, 7) is 1.89. The summed E-state index contributed by atoms with van der Waals surface area (Å²) in [5.41, 5.74) is 2.85. The van der Waals surface area contributed by atoms with Crippen LogP contribution >= 0.6 is 23.2 Å². The molecule has 1 aromatic carbocycles. The highest BCUT2D eigenvalue weighted by Gasteiger charge is 2.21. The second-order valence-electron chi connectivity index (χ2n) is 6.96. The molecule has 1 aliphatic heterocycles. The number of benzene rings is 1. The molecule has 0 saturated heterocycles. The molecule has 4 heterocycles. The van der Waals surface area contributed by atoms with E-state index in [9.17, 15) is 4.79 Å². The van der Waals surface area contributed by atoms with Gasteiger partial charge in [0.25, 0.3) is 0 Å². The van der Waals surface area contributed by atoms with E-state index in [-0.39, 0.29) is 5.43 Å². The maximum Gasteiger partial charge on any atom is 0.197 e. The first-order valence-corrected chi connectivity index (χ1v) is 9.84. The number of furan rings is 1. The Balaban J connectivity index is 1.40. The van der Waals surface area contributed by atoms with E-state index in [4.69, 9.17) is 32.0 Å². The molecule has 146 valence electrons. The van der Waals surface area contributed by atoms with Crippen LogP contribution < -0.4 is 5.43 Å². The Bertz CT molecular complexity index is 1270. The van der Waals surface area contributed by atoms with Crippen molar-refractivity contribution in [3.63, 3.8) is 0 Å². The molecule has 0 bridgehead atoms. The van der Waals surface area contributed by atoms with Crippen molar-refractivity contribution >= 4 is 34.2 Å². The summed E-state index contributed by atoms with van der Waals surface area (Å²) in [6, 6.07) is 6.81.